The third-order valence-corrected chi connectivity index (χ3v) is 3.38. The lowest BCUT2D eigenvalue weighted by atomic mass is 10.1. The van der Waals surface area contributed by atoms with Crippen LogP contribution in [0.15, 0.2) is 18.2 Å². The summed E-state index contributed by atoms with van der Waals surface area (Å²) in [5.41, 5.74) is 1.51. The quantitative estimate of drug-likeness (QED) is 0.827. The van der Waals surface area contributed by atoms with Crippen LogP contribution in [-0.4, -0.2) is 19.1 Å². The van der Waals surface area contributed by atoms with Gasteiger partial charge in [-0.15, -0.1) is 0 Å². The Morgan fingerprint density at radius 3 is 2.55 bits per heavy atom. The maximum Gasteiger partial charge on any atom is 0.146 e. The third-order valence-electron chi connectivity index (χ3n) is 3.38. The first kappa shape index (κ1) is 16.5. The van der Waals surface area contributed by atoms with E-state index >= 15 is 0 Å². The van der Waals surface area contributed by atoms with Crippen LogP contribution >= 0.6 is 0 Å². The highest BCUT2D eigenvalue weighted by Crippen LogP contribution is 2.25. The van der Waals surface area contributed by atoms with Crippen LogP contribution in [0.4, 0.5) is 10.1 Å². The van der Waals surface area contributed by atoms with Crippen LogP contribution in [0.5, 0.6) is 0 Å². The Hall–Kier alpha value is -1.60. The van der Waals surface area contributed by atoms with Gasteiger partial charge in [0.15, 0.2) is 0 Å². The minimum atomic E-state index is -0.223. The standard InChI is InChI=1S/C16H24FN3/c1-5-19-13(4)14-7-8-16(15(17)11-14)20(12(2)3)10-6-9-18/h7-8,11-13,19H,5-6,10H2,1-4H3. The number of nitrogens with one attached hydrogen (secondary N) is 1. The minimum absolute atomic E-state index is 0.134. The number of anilines is 1. The van der Waals surface area contributed by atoms with E-state index in [9.17, 15) is 4.39 Å². The SMILES string of the molecule is CCNC(C)c1ccc(N(CCC#N)C(C)C)c(F)c1. The Labute approximate surface area is 121 Å². The van der Waals surface area contributed by atoms with Gasteiger partial charge in [-0.2, -0.15) is 5.26 Å². The van der Waals surface area contributed by atoms with Crippen molar-refractivity contribution in [2.24, 2.45) is 0 Å². The largest absolute Gasteiger partial charge is 0.366 e. The molecule has 3 nitrogen and oxygen atoms in total. The summed E-state index contributed by atoms with van der Waals surface area (Å²) in [5, 5.41) is 12.0. The van der Waals surface area contributed by atoms with Gasteiger partial charge in [0.2, 0.25) is 0 Å². The molecule has 0 fully saturated rings. The van der Waals surface area contributed by atoms with Crippen molar-refractivity contribution < 1.29 is 4.39 Å². The van der Waals surface area contributed by atoms with Crippen molar-refractivity contribution in [2.45, 2.75) is 46.2 Å². The van der Waals surface area contributed by atoms with Crippen molar-refractivity contribution in [3.8, 4) is 6.07 Å². The summed E-state index contributed by atoms with van der Waals surface area (Å²) in [6.07, 6.45) is 0.396. The molecule has 110 valence electrons. The van der Waals surface area contributed by atoms with E-state index in [0.717, 1.165) is 12.1 Å². The molecule has 0 spiro atoms. The molecule has 0 heterocycles. The van der Waals surface area contributed by atoms with Crippen molar-refractivity contribution in [3.63, 3.8) is 0 Å². The van der Waals surface area contributed by atoms with Crippen LogP contribution < -0.4 is 10.2 Å². The molecule has 1 aromatic rings. The molecule has 0 aromatic heterocycles. The van der Waals surface area contributed by atoms with Crippen molar-refractivity contribution >= 4 is 5.69 Å². The second-order valence-corrected chi connectivity index (χ2v) is 5.19. The molecular weight excluding hydrogens is 253 g/mol. The summed E-state index contributed by atoms with van der Waals surface area (Å²) in [5.74, 6) is -0.223. The molecule has 0 saturated heterocycles. The summed E-state index contributed by atoms with van der Waals surface area (Å²) >= 11 is 0. The summed E-state index contributed by atoms with van der Waals surface area (Å²) in [6, 6.07) is 7.77. The van der Waals surface area contributed by atoms with Gasteiger partial charge in [-0.25, -0.2) is 4.39 Å². The molecule has 0 radical (unpaired) electrons. The van der Waals surface area contributed by atoms with Gasteiger partial charge < -0.3 is 10.2 Å². The second kappa shape index (κ2) is 7.86. The van der Waals surface area contributed by atoms with E-state index in [1.165, 1.54) is 0 Å². The molecule has 0 aliphatic heterocycles. The molecule has 4 heteroatoms. The van der Waals surface area contributed by atoms with Gasteiger partial charge in [0.1, 0.15) is 5.82 Å². The highest BCUT2D eigenvalue weighted by molar-refractivity contribution is 5.50. The van der Waals surface area contributed by atoms with E-state index in [1.54, 1.807) is 6.07 Å². The van der Waals surface area contributed by atoms with Gasteiger partial charge in [-0.05, 0) is 45.0 Å². The zero-order chi connectivity index (χ0) is 15.1. The molecule has 1 rings (SSSR count). The summed E-state index contributed by atoms with van der Waals surface area (Å²) in [4.78, 5) is 1.93. The van der Waals surface area contributed by atoms with Gasteiger partial charge in [0.25, 0.3) is 0 Å². The van der Waals surface area contributed by atoms with E-state index in [2.05, 4.69) is 11.4 Å². The van der Waals surface area contributed by atoms with Crippen LogP contribution in [0.1, 0.15) is 45.7 Å². The van der Waals surface area contributed by atoms with Crippen LogP contribution in [0, 0.1) is 17.1 Å². The van der Waals surface area contributed by atoms with Gasteiger partial charge in [-0.1, -0.05) is 13.0 Å². The van der Waals surface area contributed by atoms with Crippen LogP contribution in [0.2, 0.25) is 0 Å². The minimum Gasteiger partial charge on any atom is -0.366 e. The number of rotatable bonds is 7. The smallest absolute Gasteiger partial charge is 0.146 e. The zero-order valence-corrected chi connectivity index (χ0v) is 12.8. The Bertz CT molecular complexity index is 465. The van der Waals surface area contributed by atoms with Gasteiger partial charge in [-0.3, -0.25) is 0 Å². The normalized spacial score (nSPS) is 12.2. The first-order chi connectivity index (χ1) is 9.51. The molecule has 0 aliphatic rings. The average molecular weight is 277 g/mol. The molecule has 0 saturated carbocycles. The number of nitrogens with zero attached hydrogens (tertiary/aromatic N) is 2. The molecule has 0 amide bonds. The molecular formula is C16H24FN3. The van der Waals surface area contributed by atoms with E-state index in [1.807, 2.05) is 44.7 Å². The number of benzene rings is 1. The summed E-state index contributed by atoms with van der Waals surface area (Å²) in [7, 11) is 0. The van der Waals surface area contributed by atoms with E-state index in [0.29, 0.717) is 18.7 Å². The van der Waals surface area contributed by atoms with Crippen LogP contribution in [0.25, 0.3) is 0 Å². The van der Waals surface area contributed by atoms with E-state index < -0.39 is 0 Å². The van der Waals surface area contributed by atoms with Crippen molar-refractivity contribution in [1.29, 1.82) is 5.26 Å². The van der Waals surface area contributed by atoms with Crippen LogP contribution in [-0.2, 0) is 0 Å². The van der Waals surface area contributed by atoms with Gasteiger partial charge in [0, 0.05) is 18.6 Å². The Morgan fingerprint density at radius 2 is 2.05 bits per heavy atom. The Balaban J connectivity index is 2.98. The van der Waals surface area contributed by atoms with Crippen LogP contribution in [0.3, 0.4) is 0 Å². The lowest BCUT2D eigenvalue weighted by Crippen LogP contribution is -2.32. The maximum atomic E-state index is 14.3. The van der Waals surface area contributed by atoms with E-state index in [4.69, 9.17) is 5.26 Å². The molecule has 1 aromatic carbocycles. The fraction of sp³-hybridized carbons (Fsp3) is 0.562. The first-order valence-electron chi connectivity index (χ1n) is 7.17. The van der Waals surface area contributed by atoms with Gasteiger partial charge >= 0.3 is 0 Å². The summed E-state index contributed by atoms with van der Waals surface area (Å²) in [6.45, 7) is 9.47. The highest BCUT2D eigenvalue weighted by atomic mass is 19.1. The number of nitriles is 1. The molecule has 20 heavy (non-hydrogen) atoms. The molecule has 0 aliphatic carbocycles. The molecule has 1 atom stereocenters. The summed E-state index contributed by atoms with van der Waals surface area (Å²) < 4.78 is 14.3. The zero-order valence-electron chi connectivity index (χ0n) is 12.8. The van der Waals surface area contributed by atoms with Gasteiger partial charge in [0.05, 0.1) is 18.2 Å². The fourth-order valence-electron chi connectivity index (χ4n) is 2.28. The Morgan fingerprint density at radius 1 is 1.35 bits per heavy atom. The molecule has 1 N–H and O–H groups in total. The maximum absolute atomic E-state index is 14.3. The van der Waals surface area contributed by atoms with E-state index in [-0.39, 0.29) is 17.9 Å². The number of hydrogen-bond acceptors (Lipinski definition) is 3. The predicted octanol–water partition coefficient (Wildman–Crippen LogP) is 3.62. The second-order valence-electron chi connectivity index (χ2n) is 5.19. The first-order valence-corrected chi connectivity index (χ1v) is 7.17. The Kier molecular flexibility index (Phi) is 6.47. The molecule has 1 unspecified atom stereocenters. The lowest BCUT2D eigenvalue weighted by molar-refractivity contribution is 0.575. The number of hydrogen-bond donors (Lipinski definition) is 1. The topological polar surface area (TPSA) is 39.1 Å². The predicted molar refractivity (Wildman–Crippen MR) is 81.2 cm³/mol. The lowest BCUT2D eigenvalue weighted by Gasteiger charge is -2.29. The van der Waals surface area contributed by atoms with Crippen molar-refractivity contribution in [2.75, 3.05) is 18.0 Å². The molecule has 0 bridgehead atoms. The average Bonchev–Trinajstić information content (AvgIpc) is 2.40. The van der Waals surface area contributed by atoms with Crippen molar-refractivity contribution in [1.82, 2.24) is 5.32 Å². The highest BCUT2D eigenvalue weighted by Gasteiger charge is 2.16. The third kappa shape index (κ3) is 4.21. The fourth-order valence-corrected chi connectivity index (χ4v) is 2.28. The monoisotopic (exact) mass is 277 g/mol. The van der Waals surface area contributed by atoms with Crippen molar-refractivity contribution in [3.05, 3.63) is 29.6 Å². The number of halogens is 1.